The zero-order chi connectivity index (χ0) is 17.6. The van der Waals surface area contributed by atoms with Crippen LogP contribution in [0.5, 0.6) is 5.75 Å². The van der Waals surface area contributed by atoms with Gasteiger partial charge < -0.3 is 14.4 Å². The Balaban J connectivity index is 1.91. The average molecular weight is 340 g/mol. The molecule has 0 spiro atoms. The molecule has 1 aliphatic rings. The summed E-state index contributed by atoms with van der Waals surface area (Å²) in [6.07, 6.45) is 5.47. The van der Waals surface area contributed by atoms with E-state index in [0.29, 0.717) is 17.9 Å². The fourth-order valence-corrected chi connectivity index (χ4v) is 2.97. The number of hydrogen-bond donors (Lipinski definition) is 0. The standard InChI is InChI=1S/C20H24N2O3/c1-15(2)25-19-8-4-3-7-18(19)20(23)22(14-17-6-5-13-24-17)16-9-11-21-12-10-16/h3-4,7-12,15,17H,5-6,13-14H2,1-2H3. The largest absolute Gasteiger partial charge is 0.490 e. The van der Waals surface area contributed by atoms with E-state index in [9.17, 15) is 4.79 Å². The number of amides is 1. The Bertz CT molecular complexity index is 697. The molecule has 0 N–H and O–H groups in total. The summed E-state index contributed by atoms with van der Waals surface area (Å²) in [4.78, 5) is 19.1. The van der Waals surface area contributed by atoms with Crippen molar-refractivity contribution in [2.24, 2.45) is 0 Å². The van der Waals surface area contributed by atoms with Crippen molar-refractivity contribution < 1.29 is 14.3 Å². The summed E-state index contributed by atoms with van der Waals surface area (Å²) < 4.78 is 11.6. The number of rotatable bonds is 6. The van der Waals surface area contributed by atoms with Crippen molar-refractivity contribution >= 4 is 11.6 Å². The molecular weight excluding hydrogens is 316 g/mol. The van der Waals surface area contributed by atoms with Crippen LogP contribution in [0, 0.1) is 0 Å². The third-order valence-corrected chi connectivity index (χ3v) is 4.11. The highest BCUT2D eigenvalue weighted by molar-refractivity contribution is 6.07. The average Bonchev–Trinajstić information content (AvgIpc) is 3.13. The number of benzene rings is 1. The SMILES string of the molecule is CC(C)Oc1ccccc1C(=O)N(CC1CCCO1)c1ccncc1. The number of carbonyl (C=O) groups excluding carboxylic acids is 1. The molecule has 1 amide bonds. The third-order valence-electron chi connectivity index (χ3n) is 4.11. The molecule has 5 nitrogen and oxygen atoms in total. The minimum atomic E-state index is -0.0852. The topological polar surface area (TPSA) is 51.7 Å². The molecule has 1 aromatic heterocycles. The van der Waals surface area contributed by atoms with Crippen molar-refractivity contribution in [3.63, 3.8) is 0 Å². The number of ether oxygens (including phenoxy) is 2. The van der Waals surface area contributed by atoms with E-state index in [-0.39, 0.29) is 18.1 Å². The van der Waals surface area contributed by atoms with Crippen LogP contribution in [0.4, 0.5) is 5.69 Å². The van der Waals surface area contributed by atoms with Gasteiger partial charge in [-0.15, -0.1) is 0 Å². The van der Waals surface area contributed by atoms with E-state index >= 15 is 0 Å². The molecule has 5 heteroatoms. The number of carbonyl (C=O) groups is 1. The minimum Gasteiger partial charge on any atom is -0.490 e. The summed E-state index contributed by atoms with van der Waals surface area (Å²) in [5, 5.41) is 0. The Kier molecular flexibility index (Phi) is 5.66. The lowest BCUT2D eigenvalue weighted by molar-refractivity contribution is 0.0912. The van der Waals surface area contributed by atoms with Gasteiger partial charge in [-0.25, -0.2) is 0 Å². The molecule has 2 heterocycles. The molecule has 1 saturated heterocycles. The van der Waals surface area contributed by atoms with Gasteiger partial charge >= 0.3 is 0 Å². The fourth-order valence-electron chi connectivity index (χ4n) is 2.97. The Hall–Kier alpha value is -2.40. The Morgan fingerprint density at radius 1 is 1.28 bits per heavy atom. The molecule has 0 aliphatic carbocycles. The zero-order valence-electron chi connectivity index (χ0n) is 14.7. The Labute approximate surface area is 148 Å². The second kappa shape index (κ2) is 8.12. The molecule has 1 unspecified atom stereocenters. The van der Waals surface area contributed by atoms with Gasteiger partial charge in [0.2, 0.25) is 0 Å². The second-order valence-corrected chi connectivity index (χ2v) is 6.42. The molecular formula is C20H24N2O3. The van der Waals surface area contributed by atoms with Gasteiger partial charge in [-0.05, 0) is 51.0 Å². The van der Waals surface area contributed by atoms with Gasteiger partial charge in [-0.2, -0.15) is 0 Å². The molecule has 1 fully saturated rings. The maximum atomic E-state index is 13.3. The van der Waals surface area contributed by atoms with Crippen LogP contribution in [-0.2, 0) is 4.74 Å². The van der Waals surface area contributed by atoms with Crippen molar-refractivity contribution in [1.82, 2.24) is 4.98 Å². The number of nitrogens with zero attached hydrogens (tertiary/aromatic N) is 2. The molecule has 1 aliphatic heterocycles. The van der Waals surface area contributed by atoms with E-state index in [1.807, 2.05) is 50.2 Å². The minimum absolute atomic E-state index is 0.00138. The molecule has 1 atom stereocenters. The summed E-state index contributed by atoms with van der Waals surface area (Å²) in [5.41, 5.74) is 1.38. The van der Waals surface area contributed by atoms with Crippen molar-refractivity contribution in [2.45, 2.75) is 38.9 Å². The van der Waals surface area contributed by atoms with Crippen molar-refractivity contribution in [3.05, 3.63) is 54.4 Å². The first-order valence-electron chi connectivity index (χ1n) is 8.74. The Morgan fingerprint density at radius 2 is 2.04 bits per heavy atom. The molecule has 0 saturated carbocycles. The van der Waals surface area contributed by atoms with E-state index in [4.69, 9.17) is 9.47 Å². The predicted octanol–water partition coefficient (Wildman–Crippen LogP) is 3.69. The van der Waals surface area contributed by atoms with Gasteiger partial charge in [0.25, 0.3) is 5.91 Å². The molecule has 0 radical (unpaired) electrons. The first-order valence-corrected chi connectivity index (χ1v) is 8.74. The first-order chi connectivity index (χ1) is 12.1. The summed E-state index contributed by atoms with van der Waals surface area (Å²) in [5.74, 6) is 0.520. The van der Waals surface area contributed by atoms with E-state index in [1.54, 1.807) is 17.3 Å². The van der Waals surface area contributed by atoms with Gasteiger partial charge in [-0.3, -0.25) is 9.78 Å². The first kappa shape index (κ1) is 17.4. The van der Waals surface area contributed by atoms with Crippen LogP contribution >= 0.6 is 0 Å². The van der Waals surface area contributed by atoms with Crippen LogP contribution < -0.4 is 9.64 Å². The van der Waals surface area contributed by atoms with Crippen LogP contribution in [0.15, 0.2) is 48.8 Å². The van der Waals surface area contributed by atoms with E-state index in [0.717, 1.165) is 25.1 Å². The summed E-state index contributed by atoms with van der Waals surface area (Å²) in [7, 11) is 0. The second-order valence-electron chi connectivity index (χ2n) is 6.42. The summed E-state index contributed by atoms with van der Waals surface area (Å²) >= 11 is 0. The fraction of sp³-hybridized carbons (Fsp3) is 0.400. The highest BCUT2D eigenvalue weighted by atomic mass is 16.5. The Morgan fingerprint density at radius 3 is 2.72 bits per heavy atom. The van der Waals surface area contributed by atoms with Crippen LogP contribution in [0.1, 0.15) is 37.0 Å². The van der Waals surface area contributed by atoms with E-state index in [1.165, 1.54) is 0 Å². The molecule has 0 bridgehead atoms. The number of aromatic nitrogens is 1. The predicted molar refractivity (Wildman–Crippen MR) is 97.1 cm³/mol. The van der Waals surface area contributed by atoms with Crippen LogP contribution in [-0.4, -0.2) is 36.3 Å². The van der Waals surface area contributed by atoms with Crippen LogP contribution in [0.2, 0.25) is 0 Å². The monoisotopic (exact) mass is 340 g/mol. The lowest BCUT2D eigenvalue weighted by Gasteiger charge is -2.26. The molecule has 132 valence electrons. The molecule has 1 aromatic carbocycles. The number of para-hydroxylation sites is 1. The molecule has 3 rings (SSSR count). The highest BCUT2D eigenvalue weighted by Gasteiger charge is 2.26. The van der Waals surface area contributed by atoms with Gasteiger partial charge in [-0.1, -0.05) is 12.1 Å². The normalized spacial score (nSPS) is 16.8. The van der Waals surface area contributed by atoms with E-state index < -0.39 is 0 Å². The van der Waals surface area contributed by atoms with Gasteiger partial charge in [0, 0.05) is 24.7 Å². The van der Waals surface area contributed by atoms with E-state index in [2.05, 4.69) is 4.98 Å². The van der Waals surface area contributed by atoms with Crippen molar-refractivity contribution in [3.8, 4) is 5.75 Å². The smallest absolute Gasteiger partial charge is 0.262 e. The molecule has 25 heavy (non-hydrogen) atoms. The maximum Gasteiger partial charge on any atom is 0.262 e. The summed E-state index contributed by atoms with van der Waals surface area (Å²) in [6, 6.07) is 11.1. The van der Waals surface area contributed by atoms with Crippen LogP contribution in [0.3, 0.4) is 0 Å². The lowest BCUT2D eigenvalue weighted by Crippen LogP contribution is -2.37. The lowest BCUT2D eigenvalue weighted by atomic mass is 10.1. The highest BCUT2D eigenvalue weighted by Crippen LogP contribution is 2.26. The zero-order valence-corrected chi connectivity index (χ0v) is 14.7. The van der Waals surface area contributed by atoms with Crippen LogP contribution in [0.25, 0.3) is 0 Å². The number of hydrogen-bond acceptors (Lipinski definition) is 4. The van der Waals surface area contributed by atoms with Crippen molar-refractivity contribution in [2.75, 3.05) is 18.1 Å². The maximum absolute atomic E-state index is 13.3. The van der Waals surface area contributed by atoms with Gasteiger partial charge in [0.1, 0.15) is 5.75 Å². The third kappa shape index (κ3) is 4.37. The van der Waals surface area contributed by atoms with Crippen molar-refractivity contribution in [1.29, 1.82) is 0 Å². The number of anilines is 1. The van der Waals surface area contributed by atoms with Gasteiger partial charge in [0.05, 0.1) is 24.3 Å². The number of pyridine rings is 1. The summed E-state index contributed by atoms with van der Waals surface area (Å²) in [6.45, 7) is 5.19. The molecule has 2 aromatic rings. The quantitative estimate of drug-likeness (QED) is 0.805. The van der Waals surface area contributed by atoms with Gasteiger partial charge in [0.15, 0.2) is 0 Å².